The molecule has 1 saturated heterocycles. The first-order chi connectivity index (χ1) is 9.22. The average Bonchev–Trinajstić information content (AvgIpc) is 3.03. The molecule has 0 amide bonds. The Morgan fingerprint density at radius 2 is 2.37 bits per heavy atom. The summed E-state index contributed by atoms with van der Waals surface area (Å²) in [6.45, 7) is 4.16. The van der Waals surface area contributed by atoms with Crippen LogP contribution in [0.15, 0.2) is 18.3 Å². The number of carbonyl (C=O) groups is 1. The van der Waals surface area contributed by atoms with E-state index in [0.29, 0.717) is 5.65 Å². The highest BCUT2D eigenvalue weighted by Gasteiger charge is 2.29. The smallest absolute Gasteiger partial charge is 0.339 e. The van der Waals surface area contributed by atoms with Crippen LogP contribution in [-0.4, -0.2) is 43.7 Å². The van der Waals surface area contributed by atoms with Crippen molar-refractivity contribution in [2.75, 3.05) is 13.1 Å². The normalized spacial score (nSPS) is 20.2. The minimum Gasteiger partial charge on any atom is -0.478 e. The molecule has 0 bridgehead atoms. The van der Waals surface area contributed by atoms with Gasteiger partial charge in [0.15, 0.2) is 11.5 Å². The third-order valence-corrected chi connectivity index (χ3v) is 3.76. The lowest BCUT2D eigenvalue weighted by Gasteiger charge is -2.20. The van der Waals surface area contributed by atoms with Crippen LogP contribution in [0.5, 0.6) is 0 Å². The fourth-order valence-corrected chi connectivity index (χ4v) is 2.83. The molecule has 3 rings (SSSR count). The minimum atomic E-state index is -0.969. The summed E-state index contributed by atoms with van der Waals surface area (Å²) in [6, 6.07) is 3.53. The van der Waals surface area contributed by atoms with Gasteiger partial charge in [0.1, 0.15) is 5.56 Å². The van der Waals surface area contributed by atoms with Gasteiger partial charge < -0.3 is 5.11 Å². The summed E-state index contributed by atoms with van der Waals surface area (Å²) in [5.74, 6) is -0.124. The Kier molecular flexibility index (Phi) is 2.94. The van der Waals surface area contributed by atoms with Crippen LogP contribution in [0.1, 0.15) is 42.0 Å². The number of carboxylic acid groups (broad SMARTS) is 1. The number of fused-ring (bicyclic) bond motifs is 1. The number of carboxylic acids is 1. The molecule has 1 atom stereocenters. The lowest BCUT2D eigenvalue weighted by atomic mass is 10.2. The zero-order valence-corrected chi connectivity index (χ0v) is 10.8. The summed E-state index contributed by atoms with van der Waals surface area (Å²) in [5.41, 5.74) is 0.621. The van der Waals surface area contributed by atoms with E-state index in [0.717, 1.165) is 31.8 Å². The third kappa shape index (κ3) is 1.88. The summed E-state index contributed by atoms with van der Waals surface area (Å²) in [4.78, 5) is 13.5. The standard InChI is InChI=1S/C13H16N4O2/c1-2-16-7-4-6-10(16)12-15-14-11-9(13(18)19)5-3-8-17(11)12/h3,5,8,10H,2,4,6-7H2,1H3,(H,18,19). The van der Waals surface area contributed by atoms with E-state index < -0.39 is 5.97 Å². The van der Waals surface area contributed by atoms with E-state index in [4.69, 9.17) is 5.11 Å². The molecular weight excluding hydrogens is 244 g/mol. The predicted octanol–water partition coefficient (Wildman–Crippen LogP) is 1.58. The van der Waals surface area contributed by atoms with Gasteiger partial charge >= 0.3 is 5.97 Å². The Labute approximate surface area is 110 Å². The first-order valence-electron chi connectivity index (χ1n) is 6.53. The molecule has 0 saturated carbocycles. The van der Waals surface area contributed by atoms with Gasteiger partial charge in [0, 0.05) is 6.20 Å². The Morgan fingerprint density at radius 3 is 3.11 bits per heavy atom. The van der Waals surface area contributed by atoms with Gasteiger partial charge in [-0.25, -0.2) is 4.79 Å². The Balaban J connectivity index is 2.11. The summed E-state index contributed by atoms with van der Waals surface area (Å²) in [5, 5.41) is 17.4. The van der Waals surface area contributed by atoms with Crippen molar-refractivity contribution in [3.63, 3.8) is 0 Å². The number of likely N-dealkylation sites (tertiary alicyclic amines) is 1. The average molecular weight is 260 g/mol. The molecule has 0 radical (unpaired) electrons. The van der Waals surface area contributed by atoms with Crippen LogP contribution >= 0.6 is 0 Å². The number of hydrogen-bond acceptors (Lipinski definition) is 4. The van der Waals surface area contributed by atoms with Crippen molar-refractivity contribution in [1.29, 1.82) is 0 Å². The van der Waals surface area contributed by atoms with Gasteiger partial charge in [-0.3, -0.25) is 9.30 Å². The Bertz CT molecular complexity index is 622. The van der Waals surface area contributed by atoms with Gasteiger partial charge in [0.25, 0.3) is 0 Å². The number of rotatable bonds is 3. The molecule has 0 aromatic carbocycles. The van der Waals surface area contributed by atoms with Crippen LogP contribution in [0.4, 0.5) is 0 Å². The molecule has 2 aromatic rings. The molecule has 1 aliphatic heterocycles. The molecule has 1 fully saturated rings. The number of hydrogen-bond donors (Lipinski definition) is 1. The minimum absolute atomic E-state index is 0.197. The number of aromatic carboxylic acids is 1. The maximum atomic E-state index is 11.2. The first-order valence-corrected chi connectivity index (χ1v) is 6.53. The molecule has 0 aliphatic carbocycles. The van der Waals surface area contributed by atoms with Crippen molar-refractivity contribution in [2.45, 2.75) is 25.8 Å². The van der Waals surface area contributed by atoms with E-state index in [1.54, 1.807) is 12.1 Å². The first kappa shape index (κ1) is 12.1. The van der Waals surface area contributed by atoms with E-state index in [1.165, 1.54) is 0 Å². The van der Waals surface area contributed by atoms with Crippen LogP contribution < -0.4 is 0 Å². The third-order valence-electron chi connectivity index (χ3n) is 3.76. The number of pyridine rings is 1. The number of aromatic nitrogens is 3. The second-order valence-corrected chi connectivity index (χ2v) is 4.77. The van der Waals surface area contributed by atoms with Crippen LogP contribution in [-0.2, 0) is 0 Å². The molecule has 6 nitrogen and oxygen atoms in total. The van der Waals surface area contributed by atoms with E-state index in [2.05, 4.69) is 22.0 Å². The van der Waals surface area contributed by atoms with E-state index in [-0.39, 0.29) is 11.6 Å². The maximum Gasteiger partial charge on any atom is 0.339 e. The van der Waals surface area contributed by atoms with Crippen molar-refractivity contribution in [1.82, 2.24) is 19.5 Å². The zero-order valence-electron chi connectivity index (χ0n) is 10.8. The molecule has 19 heavy (non-hydrogen) atoms. The molecule has 1 N–H and O–H groups in total. The van der Waals surface area contributed by atoms with E-state index in [1.807, 2.05) is 10.6 Å². The van der Waals surface area contributed by atoms with Crippen molar-refractivity contribution in [2.24, 2.45) is 0 Å². The van der Waals surface area contributed by atoms with Crippen molar-refractivity contribution >= 4 is 11.6 Å². The highest BCUT2D eigenvalue weighted by Crippen LogP contribution is 2.30. The molecule has 2 aromatic heterocycles. The maximum absolute atomic E-state index is 11.2. The van der Waals surface area contributed by atoms with Crippen LogP contribution in [0.25, 0.3) is 5.65 Å². The predicted molar refractivity (Wildman–Crippen MR) is 69.2 cm³/mol. The van der Waals surface area contributed by atoms with E-state index in [9.17, 15) is 4.79 Å². The van der Waals surface area contributed by atoms with Crippen molar-refractivity contribution in [3.8, 4) is 0 Å². The Morgan fingerprint density at radius 1 is 1.53 bits per heavy atom. The quantitative estimate of drug-likeness (QED) is 0.907. The number of nitrogens with zero attached hydrogens (tertiary/aromatic N) is 4. The fourth-order valence-electron chi connectivity index (χ4n) is 2.83. The molecule has 0 spiro atoms. The molecule has 100 valence electrons. The van der Waals surface area contributed by atoms with Gasteiger partial charge in [-0.1, -0.05) is 6.92 Å². The molecule has 6 heteroatoms. The van der Waals surface area contributed by atoms with Crippen molar-refractivity contribution in [3.05, 3.63) is 29.7 Å². The van der Waals surface area contributed by atoms with Crippen molar-refractivity contribution < 1.29 is 9.90 Å². The SMILES string of the molecule is CCN1CCCC1c1nnc2c(C(=O)O)cccn12. The van der Waals surface area contributed by atoms with Gasteiger partial charge in [0.05, 0.1) is 6.04 Å². The second kappa shape index (κ2) is 4.62. The fraction of sp³-hybridized carbons (Fsp3) is 0.462. The monoisotopic (exact) mass is 260 g/mol. The van der Waals surface area contributed by atoms with Gasteiger partial charge in [-0.15, -0.1) is 10.2 Å². The summed E-state index contributed by atoms with van der Waals surface area (Å²) < 4.78 is 1.81. The van der Waals surface area contributed by atoms with Gasteiger partial charge in [-0.2, -0.15) is 0 Å². The van der Waals surface area contributed by atoms with E-state index >= 15 is 0 Å². The molecular formula is C13H16N4O2. The topological polar surface area (TPSA) is 70.7 Å². The Hall–Kier alpha value is -1.95. The lowest BCUT2D eigenvalue weighted by molar-refractivity contribution is 0.0698. The molecule has 1 aliphatic rings. The summed E-state index contributed by atoms with van der Waals surface area (Å²) >= 11 is 0. The second-order valence-electron chi connectivity index (χ2n) is 4.77. The van der Waals surface area contributed by atoms with Crippen LogP contribution in [0.3, 0.4) is 0 Å². The van der Waals surface area contributed by atoms with Crippen LogP contribution in [0, 0.1) is 0 Å². The summed E-state index contributed by atoms with van der Waals surface area (Å²) in [6.07, 6.45) is 4.03. The summed E-state index contributed by atoms with van der Waals surface area (Å²) in [7, 11) is 0. The molecule has 1 unspecified atom stereocenters. The van der Waals surface area contributed by atoms with Gasteiger partial charge in [0.2, 0.25) is 0 Å². The highest BCUT2D eigenvalue weighted by atomic mass is 16.4. The van der Waals surface area contributed by atoms with Gasteiger partial charge in [-0.05, 0) is 38.1 Å². The highest BCUT2D eigenvalue weighted by molar-refractivity contribution is 5.94. The largest absolute Gasteiger partial charge is 0.478 e. The zero-order chi connectivity index (χ0) is 13.4. The van der Waals surface area contributed by atoms with Crippen LogP contribution in [0.2, 0.25) is 0 Å². The molecule has 3 heterocycles. The lowest BCUT2D eigenvalue weighted by Crippen LogP contribution is -2.24.